The molecule has 0 atom stereocenters. The first-order valence-electron chi connectivity index (χ1n) is 9.88. The molecule has 1 spiro atoms. The van der Waals surface area contributed by atoms with E-state index in [0.717, 1.165) is 35.1 Å². The first-order valence-corrected chi connectivity index (χ1v) is 9.88. The van der Waals surface area contributed by atoms with Crippen LogP contribution >= 0.6 is 0 Å². The summed E-state index contributed by atoms with van der Waals surface area (Å²) in [5.41, 5.74) is 6.00. The Kier molecular flexibility index (Phi) is 3.94. The minimum absolute atomic E-state index is 0.0824. The SMILES string of the molecule is CC1(C)OCC2(CO1)CC1=C(c3ccccc3)C(=O)C(c3ccccc3)=C1C2. The normalized spacial score (nSPS) is 22.9. The van der Waals surface area contributed by atoms with Crippen molar-refractivity contribution in [2.24, 2.45) is 5.41 Å². The molecule has 0 radical (unpaired) electrons. The van der Waals surface area contributed by atoms with Crippen molar-refractivity contribution in [3.05, 3.63) is 82.9 Å². The molecule has 142 valence electrons. The molecule has 2 aromatic rings. The van der Waals surface area contributed by atoms with E-state index in [0.29, 0.717) is 13.2 Å². The number of rotatable bonds is 2. The van der Waals surface area contributed by atoms with Gasteiger partial charge in [0.1, 0.15) is 0 Å². The fraction of sp³-hybridized carbons (Fsp3) is 0.320. The van der Waals surface area contributed by atoms with E-state index in [4.69, 9.17) is 9.47 Å². The first kappa shape index (κ1) is 17.6. The van der Waals surface area contributed by atoms with Crippen molar-refractivity contribution in [2.75, 3.05) is 13.2 Å². The molecule has 1 heterocycles. The lowest BCUT2D eigenvalue weighted by Crippen LogP contribution is -2.45. The maximum Gasteiger partial charge on any atom is 0.194 e. The monoisotopic (exact) mass is 372 g/mol. The number of carbonyl (C=O) groups is 1. The number of ether oxygens (including phenoxy) is 2. The van der Waals surface area contributed by atoms with Gasteiger partial charge in [0.25, 0.3) is 0 Å². The van der Waals surface area contributed by atoms with Crippen LogP contribution in [0.3, 0.4) is 0 Å². The van der Waals surface area contributed by atoms with Crippen LogP contribution in [0, 0.1) is 5.41 Å². The van der Waals surface area contributed by atoms with Gasteiger partial charge >= 0.3 is 0 Å². The lowest BCUT2D eigenvalue weighted by atomic mass is 9.83. The Morgan fingerprint density at radius 3 is 1.57 bits per heavy atom. The third-order valence-corrected chi connectivity index (χ3v) is 6.10. The molecule has 1 saturated carbocycles. The summed E-state index contributed by atoms with van der Waals surface area (Å²) in [7, 11) is 0. The molecule has 0 amide bonds. The van der Waals surface area contributed by atoms with Crippen LogP contribution in [-0.4, -0.2) is 24.8 Å². The molecule has 3 aliphatic rings. The quantitative estimate of drug-likeness (QED) is 0.741. The Labute approximate surface area is 165 Å². The number of ketones is 1. The molecule has 0 unspecified atom stereocenters. The highest BCUT2D eigenvalue weighted by Gasteiger charge is 2.50. The van der Waals surface area contributed by atoms with Crippen LogP contribution < -0.4 is 0 Å². The Bertz CT molecular complexity index is 917. The average molecular weight is 372 g/mol. The number of hydrogen-bond donors (Lipinski definition) is 0. The van der Waals surface area contributed by atoms with Crippen LogP contribution in [0.4, 0.5) is 0 Å². The Balaban J connectivity index is 1.62. The van der Waals surface area contributed by atoms with E-state index in [1.165, 1.54) is 11.1 Å². The second-order valence-corrected chi connectivity index (χ2v) is 8.60. The number of fused-ring (bicyclic) bond motifs is 1. The molecule has 28 heavy (non-hydrogen) atoms. The van der Waals surface area contributed by atoms with Crippen molar-refractivity contribution < 1.29 is 14.3 Å². The number of hydrogen-bond acceptors (Lipinski definition) is 3. The molecule has 3 heteroatoms. The number of benzene rings is 2. The largest absolute Gasteiger partial charge is 0.350 e. The topological polar surface area (TPSA) is 35.5 Å². The van der Waals surface area contributed by atoms with Crippen LogP contribution in [0.15, 0.2) is 71.8 Å². The van der Waals surface area contributed by atoms with E-state index in [2.05, 4.69) is 0 Å². The predicted octanol–water partition coefficient (Wildman–Crippen LogP) is 5.04. The molecule has 3 nitrogen and oxygen atoms in total. The zero-order valence-electron chi connectivity index (χ0n) is 16.3. The zero-order valence-corrected chi connectivity index (χ0v) is 16.3. The van der Waals surface area contributed by atoms with Crippen LogP contribution in [0.25, 0.3) is 11.1 Å². The lowest BCUT2D eigenvalue weighted by Gasteiger charge is -2.41. The van der Waals surface area contributed by atoms with Gasteiger partial charge in [0.15, 0.2) is 11.6 Å². The fourth-order valence-electron chi connectivity index (χ4n) is 4.67. The van der Waals surface area contributed by atoms with Crippen LogP contribution in [0.1, 0.15) is 37.8 Å². The summed E-state index contributed by atoms with van der Waals surface area (Å²) in [5.74, 6) is -0.387. The van der Waals surface area contributed by atoms with Crippen molar-refractivity contribution in [2.45, 2.75) is 32.5 Å². The minimum Gasteiger partial charge on any atom is -0.350 e. The summed E-state index contributed by atoms with van der Waals surface area (Å²) in [6, 6.07) is 20.1. The molecular weight excluding hydrogens is 348 g/mol. The summed E-state index contributed by atoms with van der Waals surface area (Å²) in [4.78, 5) is 13.5. The van der Waals surface area contributed by atoms with Gasteiger partial charge in [-0.2, -0.15) is 0 Å². The van der Waals surface area contributed by atoms with Gasteiger partial charge in [0.05, 0.1) is 13.2 Å². The van der Waals surface area contributed by atoms with Crippen LogP contribution in [0.5, 0.6) is 0 Å². The summed E-state index contributed by atoms with van der Waals surface area (Å²) >= 11 is 0. The highest BCUT2D eigenvalue weighted by molar-refractivity contribution is 6.47. The van der Waals surface area contributed by atoms with Gasteiger partial charge in [0, 0.05) is 16.6 Å². The molecule has 2 aliphatic carbocycles. The summed E-state index contributed by atoms with van der Waals surface area (Å²) < 4.78 is 12.0. The van der Waals surface area contributed by atoms with Crippen molar-refractivity contribution in [1.29, 1.82) is 0 Å². The summed E-state index contributed by atoms with van der Waals surface area (Å²) in [6.45, 7) is 5.24. The molecule has 0 bridgehead atoms. The molecule has 5 rings (SSSR count). The fourth-order valence-corrected chi connectivity index (χ4v) is 4.67. The van der Waals surface area contributed by atoms with Crippen molar-refractivity contribution in [3.63, 3.8) is 0 Å². The highest BCUT2D eigenvalue weighted by Crippen LogP contribution is 2.56. The molecule has 0 aromatic heterocycles. The van der Waals surface area contributed by atoms with Gasteiger partial charge in [0.2, 0.25) is 0 Å². The van der Waals surface area contributed by atoms with Gasteiger partial charge in [-0.25, -0.2) is 0 Å². The van der Waals surface area contributed by atoms with Crippen LogP contribution in [-0.2, 0) is 14.3 Å². The maximum atomic E-state index is 13.5. The smallest absolute Gasteiger partial charge is 0.194 e. The van der Waals surface area contributed by atoms with Crippen molar-refractivity contribution in [3.8, 4) is 0 Å². The highest BCUT2D eigenvalue weighted by atomic mass is 16.7. The van der Waals surface area contributed by atoms with Crippen molar-refractivity contribution >= 4 is 16.9 Å². The predicted molar refractivity (Wildman–Crippen MR) is 109 cm³/mol. The number of carbonyl (C=O) groups excluding carboxylic acids is 1. The summed E-state index contributed by atoms with van der Waals surface area (Å²) in [5, 5.41) is 0. The molecule has 1 aliphatic heterocycles. The van der Waals surface area contributed by atoms with Gasteiger partial charge in [-0.1, -0.05) is 60.7 Å². The number of allylic oxidation sites excluding steroid dienone is 4. The third kappa shape index (κ3) is 2.78. The Morgan fingerprint density at radius 1 is 0.714 bits per heavy atom. The molecular formula is C25H24O3. The van der Waals surface area contributed by atoms with Crippen molar-refractivity contribution in [1.82, 2.24) is 0 Å². The van der Waals surface area contributed by atoms with Gasteiger partial charge < -0.3 is 9.47 Å². The Morgan fingerprint density at radius 2 is 1.14 bits per heavy atom. The van der Waals surface area contributed by atoms with E-state index in [-0.39, 0.29) is 11.2 Å². The van der Waals surface area contributed by atoms with Gasteiger partial charge in [-0.15, -0.1) is 0 Å². The number of Topliss-reactive ketones (excluding diaryl/α,β-unsaturated/α-hetero) is 1. The average Bonchev–Trinajstić information content (AvgIpc) is 3.18. The standard InChI is InChI=1S/C25H24O3/c1-24(2)27-15-25(16-28-24)13-19-20(14-25)22(18-11-7-4-8-12-18)23(26)21(19)17-9-5-3-6-10-17/h3-12H,13-16H2,1-2H3. The molecule has 2 fully saturated rings. The molecule has 2 aromatic carbocycles. The van der Waals surface area contributed by atoms with E-state index in [1.54, 1.807) is 0 Å². The van der Waals surface area contributed by atoms with E-state index in [9.17, 15) is 4.79 Å². The van der Waals surface area contributed by atoms with E-state index < -0.39 is 5.79 Å². The van der Waals surface area contributed by atoms with Gasteiger partial charge in [-0.05, 0) is 49.0 Å². The molecule has 0 N–H and O–H groups in total. The molecule has 1 saturated heterocycles. The summed E-state index contributed by atoms with van der Waals surface area (Å²) in [6.07, 6.45) is 1.65. The third-order valence-electron chi connectivity index (χ3n) is 6.10. The Hall–Kier alpha value is -2.49. The maximum absolute atomic E-state index is 13.5. The van der Waals surface area contributed by atoms with E-state index in [1.807, 2.05) is 74.5 Å². The van der Waals surface area contributed by atoms with Gasteiger partial charge in [-0.3, -0.25) is 4.79 Å². The zero-order chi connectivity index (χ0) is 19.4. The minimum atomic E-state index is -0.536. The van der Waals surface area contributed by atoms with E-state index >= 15 is 0 Å². The first-order chi connectivity index (χ1) is 13.5. The second-order valence-electron chi connectivity index (χ2n) is 8.60. The lowest BCUT2D eigenvalue weighted by molar-refractivity contribution is -0.283. The second kappa shape index (κ2) is 6.26. The van der Waals surface area contributed by atoms with Crippen LogP contribution in [0.2, 0.25) is 0 Å².